The predicted molar refractivity (Wildman–Crippen MR) is 95.4 cm³/mol. The Morgan fingerprint density at radius 3 is 2.90 bits per heavy atom. The Labute approximate surface area is 140 Å². The van der Waals surface area contributed by atoms with E-state index >= 15 is 0 Å². The summed E-state index contributed by atoms with van der Waals surface area (Å²) in [5.74, 6) is 2.53. The third-order valence-electron chi connectivity index (χ3n) is 2.96. The smallest absolute Gasteiger partial charge is 0.142 e. The molecule has 21 heavy (non-hydrogen) atoms. The minimum absolute atomic E-state index is 0.762. The number of hydrogen-bond acceptors (Lipinski definition) is 5. The number of nitrogens with zero attached hydrogens (tertiary/aromatic N) is 2. The molecule has 2 heterocycles. The summed E-state index contributed by atoms with van der Waals surface area (Å²) in [6, 6.07) is 10.4. The quantitative estimate of drug-likeness (QED) is 0.640. The zero-order valence-electron chi connectivity index (χ0n) is 11.7. The Kier molecular flexibility index (Phi) is 4.47. The lowest BCUT2D eigenvalue weighted by atomic mass is 10.3. The second-order valence-electron chi connectivity index (χ2n) is 4.56. The van der Waals surface area contributed by atoms with Crippen LogP contribution in [0.4, 0.5) is 5.82 Å². The summed E-state index contributed by atoms with van der Waals surface area (Å²) in [5.41, 5.74) is 0. The van der Waals surface area contributed by atoms with Crippen molar-refractivity contribution < 1.29 is 0 Å². The van der Waals surface area contributed by atoms with Gasteiger partial charge in [-0.25, -0.2) is 9.97 Å². The highest BCUT2D eigenvalue weighted by molar-refractivity contribution is 9.10. The molecular formula is C15H14BrN3S2. The minimum atomic E-state index is 0.762. The fourth-order valence-corrected chi connectivity index (χ4v) is 4.30. The fourth-order valence-electron chi connectivity index (χ4n) is 2.05. The van der Waals surface area contributed by atoms with Gasteiger partial charge in [0.15, 0.2) is 0 Å². The molecule has 0 spiro atoms. The lowest BCUT2D eigenvalue weighted by Crippen LogP contribution is -1.99. The average Bonchev–Trinajstić information content (AvgIpc) is 2.84. The number of fused-ring (bicyclic) bond motifs is 1. The summed E-state index contributed by atoms with van der Waals surface area (Å²) in [6.07, 6.45) is 0. The molecule has 3 rings (SSSR count). The molecule has 3 aromatic rings. The molecule has 1 aromatic carbocycles. The van der Waals surface area contributed by atoms with E-state index < -0.39 is 0 Å². The fraction of sp³-hybridized carbons (Fsp3) is 0.200. The summed E-state index contributed by atoms with van der Waals surface area (Å²) in [6.45, 7) is 2.10. The summed E-state index contributed by atoms with van der Waals surface area (Å²) in [7, 11) is 1.90. The van der Waals surface area contributed by atoms with Crippen LogP contribution in [0.15, 0.2) is 39.7 Å². The molecule has 0 bridgehead atoms. The molecule has 0 saturated heterocycles. The lowest BCUT2D eigenvalue weighted by molar-refractivity contribution is 1.07. The average molecular weight is 380 g/mol. The highest BCUT2D eigenvalue weighted by Crippen LogP contribution is 2.30. The molecule has 108 valence electrons. The van der Waals surface area contributed by atoms with E-state index in [2.05, 4.69) is 56.3 Å². The van der Waals surface area contributed by atoms with Crippen LogP contribution in [-0.2, 0) is 5.75 Å². The predicted octanol–water partition coefficient (Wildman–Crippen LogP) is 5.10. The first-order valence-electron chi connectivity index (χ1n) is 6.49. The highest BCUT2D eigenvalue weighted by atomic mass is 79.9. The topological polar surface area (TPSA) is 37.8 Å². The van der Waals surface area contributed by atoms with Crippen LogP contribution in [0.2, 0.25) is 0 Å². The van der Waals surface area contributed by atoms with Gasteiger partial charge in [-0.1, -0.05) is 22.0 Å². The maximum Gasteiger partial charge on any atom is 0.142 e. The zero-order chi connectivity index (χ0) is 14.8. The number of benzene rings is 1. The van der Waals surface area contributed by atoms with E-state index in [1.165, 1.54) is 9.77 Å². The van der Waals surface area contributed by atoms with Crippen LogP contribution < -0.4 is 5.32 Å². The molecule has 1 N–H and O–H groups in total. The van der Waals surface area contributed by atoms with E-state index in [1.807, 2.05) is 19.2 Å². The van der Waals surface area contributed by atoms with Crippen LogP contribution in [0, 0.1) is 6.92 Å². The van der Waals surface area contributed by atoms with Crippen LogP contribution in [0.5, 0.6) is 0 Å². The standard InChI is InChI=1S/C15H14BrN3S2/c1-9-6-12-14(17-2)18-13(19-15(12)21-9)8-20-11-5-3-4-10(16)7-11/h3-7H,8H2,1-2H3,(H,17,18,19). The first-order chi connectivity index (χ1) is 10.2. The number of anilines is 1. The molecule has 0 radical (unpaired) electrons. The Hall–Kier alpha value is -1.11. The molecule has 0 atom stereocenters. The number of thiophene rings is 1. The summed E-state index contributed by atoms with van der Waals surface area (Å²) in [4.78, 5) is 12.8. The molecule has 0 fully saturated rings. The second kappa shape index (κ2) is 6.34. The van der Waals surface area contributed by atoms with E-state index in [9.17, 15) is 0 Å². The number of thioether (sulfide) groups is 1. The van der Waals surface area contributed by atoms with Gasteiger partial charge in [-0.05, 0) is 31.2 Å². The number of hydrogen-bond donors (Lipinski definition) is 1. The third-order valence-corrected chi connectivity index (χ3v) is 5.39. The van der Waals surface area contributed by atoms with Gasteiger partial charge in [0.25, 0.3) is 0 Å². The monoisotopic (exact) mass is 379 g/mol. The number of aromatic nitrogens is 2. The Bertz CT molecular complexity index is 786. The summed E-state index contributed by atoms with van der Waals surface area (Å²) in [5, 5.41) is 4.28. The SMILES string of the molecule is CNc1nc(CSc2cccc(Br)c2)nc2sc(C)cc12. The van der Waals surface area contributed by atoms with Crippen molar-refractivity contribution in [1.82, 2.24) is 9.97 Å². The number of aryl methyl sites for hydroxylation is 1. The van der Waals surface area contributed by atoms with Crippen molar-refractivity contribution in [2.75, 3.05) is 12.4 Å². The minimum Gasteiger partial charge on any atom is -0.372 e. The molecule has 0 aliphatic rings. The van der Waals surface area contributed by atoms with Gasteiger partial charge in [-0.3, -0.25) is 0 Å². The van der Waals surface area contributed by atoms with E-state index in [-0.39, 0.29) is 0 Å². The van der Waals surface area contributed by atoms with Crippen LogP contribution in [-0.4, -0.2) is 17.0 Å². The first-order valence-corrected chi connectivity index (χ1v) is 9.08. The van der Waals surface area contributed by atoms with E-state index in [1.54, 1.807) is 23.1 Å². The molecule has 6 heteroatoms. The van der Waals surface area contributed by atoms with Crippen molar-refractivity contribution in [3.63, 3.8) is 0 Å². The molecule has 0 saturated carbocycles. The van der Waals surface area contributed by atoms with Gasteiger partial charge in [0, 0.05) is 21.3 Å². The molecule has 0 aliphatic carbocycles. The largest absolute Gasteiger partial charge is 0.372 e. The maximum absolute atomic E-state index is 4.68. The maximum atomic E-state index is 4.68. The Morgan fingerprint density at radius 1 is 1.29 bits per heavy atom. The van der Waals surface area contributed by atoms with Gasteiger partial charge >= 0.3 is 0 Å². The van der Waals surface area contributed by atoms with Crippen molar-refractivity contribution in [1.29, 1.82) is 0 Å². The first kappa shape index (κ1) is 14.8. The molecule has 0 amide bonds. The Morgan fingerprint density at radius 2 is 2.14 bits per heavy atom. The number of rotatable bonds is 4. The molecular weight excluding hydrogens is 366 g/mol. The van der Waals surface area contributed by atoms with Crippen molar-refractivity contribution in [2.45, 2.75) is 17.6 Å². The van der Waals surface area contributed by atoms with E-state index in [0.29, 0.717) is 0 Å². The van der Waals surface area contributed by atoms with Crippen molar-refractivity contribution in [3.8, 4) is 0 Å². The zero-order valence-corrected chi connectivity index (χ0v) is 14.9. The van der Waals surface area contributed by atoms with Crippen molar-refractivity contribution >= 4 is 55.1 Å². The van der Waals surface area contributed by atoms with Gasteiger partial charge in [-0.15, -0.1) is 23.1 Å². The summed E-state index contributed by atoms with van der Waals surface area (Å²) >= 11 is 6.95. The van der Waals surface area contributed by atoms with Crippen LogP contribution in [0.25, 0.3) is 10.2 Å². The van der Waals surface area contributed by atoms with Gasteiger partial charge in [0.2, 0.25) is 0 Å². The molecule has 0 unspecified atom stereocenters. The van der Waals surface area contributed by atoms with Crippen molar-refractivity contribution in [3.05, 3.63) is 45.5 Å². The van der Waals surface area contributed by atoms with Gasteiger partial charge in [0.05, 0.1) is 11.1 Å². The number of nitrogens with one attached hydrogen (secondary N) is 1. The van der Waals surface area contributed by atoms with Gasteiger partial charge < -0.3 is 5.32 Å². The van der Waals surface area contributed by atoms with Gasteiger partial charge in [0.1, 0.15) is 16.5 Å². The molecule has 0 aliphatic heterocycles. The third kappa shape index (κ3) is 3.39. The van der Waals surface area contributed by atoms with E-state index in [4.69, 9.17) is 0 Å². The molecule has 3 nitrogen and oxygen atoms in total. The van der Waals surface area contributed by atoms with Crippen LogP contribution in [0.3, 0.4) is 0 Å². The van der Waals surface area contributed by atoms with Crippen LogP contribution in [0.1, 0.15) is 10.7 Å². The second-order valence-corrected chi connectivity index (χ2v) is 7.76. The van der Waals surface area contributed by atoms with Gasteiger partial charge in [-0.2, -0.15) is 0 Å². The number of halogens is 1. The molecule has 2 aromatic heterocycles. The normalized spacial score (nSPS) is 11.0. The lowest BCUT2D eigenvalue weighted by Gasteiger charge is -2.05. The Balaban J connectivity index is 1.86. The highest BCUT2D eigenvalue weighted by Gasteiger charge is 2.10. The van der Waals surface area contributed by atoms with Crippen LogP contribution >= 0.6 is 39.0 Å². The van der Waals surface area contributed by atoms with Crippen molar-refractivity contribution in [2.24, 2.45) is 0 Å². The summed E-state index contributed by atoms with van der Waals surface area (Å²) < 4.78 is 1.09. The van der Waals surface area contributed by atoms with E-state index in [0.717, 1.165) is 32.1 Å².